The van der Waals surface area contributed by atoms with Crippen LogP contribution in [0.4, 0.5) is 10.5 Å². The van der Waals surface area contributed by atoms with E-state index in [-0.39, 0.29) is 24.2 Å². The Morgan fingerprint density at radius 2 is 1.79 bits per heavy atom. The largest absolute Gasteiger partial charge is 0.513 e. The third kappa shape index (κ3) is 6.28. The number of benzene rings is 2. The number of ether oxygens (including phenoxy) is 2. The molecular formula is C21H22N2O5. The Bertz CT molecular complexity index is 875. The number of carbonyl (C=O) groups excluding carboxylic acids is 3. The number of rotatable bonds is 7. The lowest BCUT2D eigenvalue weighted by atomic mass is 10.1. The van der Waals surface area contributed by atoms with Crippen LogP contribution < -0.4 is 15.4 Å². The summed E-state index contributed by atoms with van der Waals surface area (Å²) < 4.78 is 9.64. The predicted octanol–water partition coefficient (Wildman–Crippen LogP) is 3.67. The number of anilines is 1. The quantitative estimate of drug-likeness (QED) is 0.433. The van der Waals surface area contributed by atoms with E-state index >= 15 is 0 Å². The van der Waals surface area contributed by atoms with Crippen LogP contribution in [0, 0.1) is 0 Å². The van der Waals surface area contributed by atoms with Gasteiger partial charge in [0, 0.05) is 23.4 Å². The molecule has 2 aromatic rings. The first-order valence-electron chi connectivity index (χ1n) is 8.67. The molecule has 146 valence electrons. The molecule has 2 amide bonds. The summed E-state index contributed by atoms with van der Waals surface area (Å²) in [7, 11) is 0. The smallest absolute Gasteiger partial charge is 0.434 e. The van der Waals surface area contributed by atoms with Gasteiger partial charge in [-0.15, -0.1) is 0 Å². The molecule has 0 spiro atoms. The molecule has 0 aliphatic rings. The molecule has 0 fully saturated rings. The Hall–Kier alpha value is -3.61. The maximum absolute atomic E-state index is 12.4. The summed E-state index contributed by atoms with van der Waals surface area (Å²) in [6.07, 6.45) is -0.796. The Balaban J connectivity index is 1.97. The van der Waals surface area contributed by atoms with Crippen LogP contribution >= 0.6 is 0 Å². The third-order valence-corrected chi connectivity index (χ3v) is 3.61. The van der Waals surface area contributed by atoms with Crippen LogP contribution in [0.5, 0.6) is 5.75 Å². The predicted molar refractivity (Wildman–Crippen MR) is 105 cm³/mol. The van der Waals surface area contributed by atoms with Crippen LogP contribution in [0.3, 0.4) is 0 Å². The van der Waals surface area contributed by atoms with Gasteiger partial charge in [0.25, 0.3) is 5.91 Å². The van der Waals surface area contributed by atoms with Gasteiger partial charge in [-0.1, -0.05) is 18.7 Å². The van der Waals surface area contributed by atoms with E-state index < -0.39 is 6.16 Å². The second kappa shape index (κ2) is 9.91. The summed E-state index contributed by atoms with van der Waals surface area (Å²) in [6.45, 7) is 7.44. The lowest BCUT2D eigenvalue weighted by molar-refractivity contribution is -0.117. The molecule has 0 bridgehead atoms. The van der Waals surface area contributed by atoms with Gasteiger partial charge in [0.15, 0.2) is 0 Å². The number of carbonyl (C=O) groups is 3. The van der Waals surface area contributed by atoms with Crippen molar-refractivity contribution in [2.75, 3.05) is 11.9 Å². The Morgan fingerprint density at radius 3 is 2.43 bits per heavy atom. The number of amides is 2. The monoisotopic (exact) mass is 382 g/mol. The second-order valence-corrected chi connectivity index (χ2v) is 5.93. The van der Waals surface area contributed by atoms with Gasteiger partial charge >= 0.3 is 6.16 Å². The highest BCUT2D eigenvalue weighted by Gasteiger charge is 2.09. The minimum absolute atomic E-state index is 0.218. The van der Waals surface area contributed by atoms with E-state index in [4.69, 9.17) is 4.74 Å². The Morgan fingerprint density at radius 1 is 1.07 bits per heavy atom. The van der Waals surface area contributed by atoms with Gasteiger partial charge < -0.3 is 20.1 Å². The fourth-order valence-corrected chi connectivity index (χ4v) is 2.21. The fourth-order valence-electron chi connectivity index (χ4n) is 2.21. The van der Waals surface area contributed by atoms with Gasteiger partial charge in [0.2, 0.25) is 5.91 Å². The molecule has 0 atom stereocenters. The molecule has 0 aromatic heterocycles. The van der Waals surface area contributed by atoms with E-state index in [9.17, 15) is 14.4 Å². The molecule has 0 heterocycles. The maximum Gasteiger partial charge on any atom is 0.513 e. The SMILES string of the molecule is C=C(C)C(=O)NCc1cccc(NC(=O)c2ccc(OC(=O)OCC)cc2)c1. The van der Waals surface area contributed by atoms with Crippen LogP contribution in [-0.2, 0) is 16.1 Å². The minimum atomic E-state index is -0.796. The van der Waals surface area contributed by atoms with Crippen LogP contribution in [0.25, 0.3) is 0 Å². The van der Waals surface area contributed by atoms with Crippen molar-refractivity contribution in [1.82, 2.24) is 5.32 Å². The van der Waals surface area contributed by atoms with Crippen molar-refractivity contribution in [3.05, 3.63) is 71.8 Å². The van der Waals surface area contributed by atoms with Crippen molar-refractivity contribution in [3.8, 4) is 5.75 Å². The van der Waals surface area contributed by atoms with Crippen LogP contribution in [0.2, 0.25) is 0 Å². The molecule has 0 aliphatic heterocycles. The molecule has 0 radical (unpaired) electrons. The molecule has 7 nitrogen and oxygen atoms in total. The Kier molecular flexibility index (Phi) is 7.33. The van der Waals surface area contributed by atoms with Gasteiger partial charge in [-0.3, -0.25) is 9.59 Å². The molecule has 28 heavy (non-hydrogen) atoms. The van der Waals surface area contributed by atoms with Gasteiger partial charge in [-0.25, -0.2) is 4.79 Å². The zero-order chi connectivity index (χ0) is 20.5. The molecule has 2 aromatic carbocycles. The Labute approximate surface area is 163 Å². The second-order valence-electron chi connectivity index (χ2n) is 5.93. The van der Waals surface area contributed by atoms with Crippen LogP contribution in [0.1, 0.15) is 29.8 Å². The van der Waals surface area contributed by atoms with Crippen molar-refractivity contribution in [2.24, 2.45) is 0 Å². The summed E-state index contributed by atoms with van der Waals surface area (Å²) in [4.78, 5) is 35.2. The minimum Gasteiger partial charge on any atom is -0.434 e. The zero-order valence-electron chi connectivity index (χ0n) is 15.8. The highest BCUT2D eigenvalue weighted by Crippen LogP contribution is 2.16. The first-order chi connectivity index (χ1) is 13.4. The average Bonchev–Trinajstić information content (AvgIpc) is 2.67. The molecule has 0 unspecified atom stereocenters. The van der Waals surface area contributed by atoms with Gasteiger partial charge in [0.1, 0.15) is 5.75 Å². The van der Waals surface area contributed by atoms with Crippen molar-refractivity contribution < 1.29 is 23.9 Å². The van der Waals surface area contributed by atoms with E-state index in [0.717, 1.165) is 5.56 Å². The summed E-state index contributed by atoms with van der Waals surface area (Å²) in [6, 6.07) is 13.3. The topological polar surface area (TPSA) is 93.7 Å². The number of nitrogens with one attached hydrogen (secondary N) is 2. The van der Waals surface area contributed by atoms with Crippen molar-refractivity contribution >= 4 is 23.7 Å². The van der Waals surface area contributed by atoms with Crippen molar-refractivity contribution in [1.29, 1.82) is 0 Å². The fraction of sp³-hybridized carbons (Fsp3) is 0.190. The molecule has 0 aliphatic carbocycles. The van der Waals surface area contributed by atoms with Crippen molar-refractivity contribution in [3.63, 3.8) is 0 Å². The van der Waals surface area contributed by atoms with Gasteiger partial charge in [-0.05, 0) is 55.8 Å². The lowest BCUT2D eigenvalue weighted by Gasteiger charge is -2.09. The highest BCUT2D eigenvalue weighted by atomic mass is 16.7. The zero-order valence-corrected chi connectivity index (χ0v) is 15.8. The van der Waals surface area contributed by atoms with Gasteiger partial charge in [0.05, 0.1) is 6.61 Å². The summed E-state index contributed by atoms with van der Waals surface area (Å²) in [5.74, 6) is -0.254. The molecule has 0 saturated carbocycles. The molecule has 2 N–H and O–H groups in total. The molecule has 7 heteroatoms. The van der Waals surface area contributed by atoms with E-state index in [1.165, 1.54) is 12.1 Å². The number of hydrogen-bond donors (Lipinski definition) is 2. The van der Waals surface area contributed by atoms with Crippen LogP contribution in [0.15, 0.2) is 60.7 Å². The summed E-state index contributed by atoms with van der Waals surface area (Å²) >= 11 is 0. The number of hydrogen-bond acceptors (Lipinski definition) is 5. The summed E-state index contributed by atoms with van der Waals surface area (Å²) in [5.41, 5.74) is 2.27. The van der Waals surface area contributed by atoms with E-state index in [0.29, 0.717) is 23.4 Å². The molecular weight excluding hydrogens is 360 g/mol. The van der Waals surface area contributed by atoms with Crippen molar-refractivity contribution in [2.45, 2.75) is 20.4 Å². The molecule has 2 rings (SSSR count). The average molecular weight is 382 g/mol. The van der Waals surface area contributed by atoms with Crippen LogP contribution in [-0.4, -0.2) is 24.6 Å². The highest BCUT2D eigenvalue weighted by molar-refractivity contribution is 6.04. The summed E-state index contributed by atoms with van der Waals surface area (Å²) in [5, 5.41) is 5.53. The first-order valence-corrected chi connectivity index (χ1v) is 8.67. The maximum atomic E-state index is 12.4. The van der Waals surface area contributed by atoms with Gasteiger partial charge in [-0.2, -0.15) is 0 Å². The normalized spacial score (nSPS) is 9.93. The van der Waals surface area contributed by atoms with E-state index in [1.807, 2.05) is 6.07 Å². The first kappa shape index (κ1) is 20.7. The lowest BCUT2D eigenvalue weighted by Crippen LogP contribution is -2.23. The van der Waals surface area contributed by atoms with E-state index in [1.54, 1.807) is 44.2 Å². The standard InChI is InChI=1S/C21H22N2O5/c1-4-27-21(26)28-18-10-8-16(9-11-18)20(25)23-17-7-5-6-15(12-17)13-22-19(24)14(2)3/h5-12H,2,4,13H2,1,3H3,(H,22,24)(H,23,25). The van der Waals surface area contributed by atoms with E-state index in [2.05, 4.69) is 21.9 Å². The molecule has 0 saturated heterocycles. The third-order valence-electron chi connectivity index (χ3n) is 3.61.